The van der Waals surface area contributed by atoms with Gasteiger partial charge in [-0.1, -0.05) is 6.07 Å². The van der Waals surface area contributed by atoms with Crippen LogP contribution in [0, 0.1) is 6.92 Å². The Hall–Kier alpha value is -0.740. The third-order valence-electron chi connectivity index (χ3n) is 3.45. The second-order valence-electron chi connectivity index (χ2n) is 6.14. The Morgan fingerprint density at radius 2 is 2.00 bits per heavy atom. The van der Waals surface area contributed by atoms with Crippen molar-refractivity contribution in [1.82, 2.24) is 9.71 Å². The molecule has 1 heterocycles. The Balaban J connectivity index is 2.21. The molecule has 1 aliphatic carbocycles. The fourth-order valence-corrected chi connectivity index (χ4v) is 2.99. The molecule has 1 aromatic rings. The summed E-state index contributed by atoms with van der Waals surface area (Å²) in [6, 6.07) is 4.13. The first-order chi connectivity index (χ1) is 8.33. The smallest absolute Gasteiger partial charge is 0.0979 e. The summed E-state index contributed by atoms with van der Waals surface area (Å²) in [5.74, 6) is 0. The van der Waals surface area contributed by atoms with E-state index in [1.165, 1.54) is 6.42 Å². The van der Waals surface area contributed by atoms with Gasteiger partial charge in [0.05, 0.1) is 27.0 Å². The van der Waals surface area contributed by atoms with Crippen molar-refractivity contribution in [2.24, 2.45) is 0 Å². The Morgan fingerprint density at radius 1 is 1.33 bits per heavy atom. The molecule has 1 aliphatic rings. The molecule has 18 heavy (non-hydrogen) atoms. The van der Waals surface area contributed by atoms with Gasteiger partial charge in [0.15, 0.2) is 0 Å². The van der Waals surface area contributed by atoms with Crippen LogP contribution in [0.3, 0.4) is 0 Å². The van der Waals surface area contributed by atoms with Gasteiger partial charge in [0, 0.05) is 6.20 Å². The van der Waals surface area contributed by atoms with Crippen molar-refractivity contribution in [3.63, 3.8) is 0 Å². The molecule has 1 N–H and O–H groups in total. The van der Waals surface area contributed by atoms with Gasteiger partial charge in [0.25, 0.3) is 0 Å². The number of pyridine rings is 1. The Morgan fingerprint density at radius 3 is 2.39 bits per heavy atom. The summed E-state index contributed by atoms with van der Waals surface area (Å²) in [6.07, 6.45) is 5.09. The first-order valence-corrected chi connectivity index (χ1v) is 7.61. The predicted molar refractivity (Wildman–Crippen MR) is 75.5 cm³/mol. The molecule has 0 spiro atoms. The topological polar surface area (TPSA) is 42.0 Å². The van der Waals surface area contributed by atoms with E-state index in [1.54, 1.807) is 0 Å². The lowest BCUT2D eigenvalue weighted by atomic mass is 9.75. The fourth-order valence-electron chi connectivity index (χ4n) is 2.02. The molecule has 100 valence electrons. The monoisotopic (exact) mass is 266 g/mol. The van der Waals surface area contributed by atoms with Gasteiger partial charge in [-0.05, 0) is 58.6 Å². The largest absolute Gasteiger partial charge is 0.259 e. The van der Waals surface area contributed by atoms with Gasteiger partial charge in [0.2, 0.25) is 0 Å². The highest BCUT2D eigenvalue weighted by atomic mass is 32.2. The average molecular weight is 266 g/mol. The first-order valence-electron chi connectivity index (χ1n) is 6.46. The first kappa shape index (κ1) is 13.7. The number of aryl methyl sites for hydroxylation is 1. The zero-order valence-corrected chi connectivity index (χ0v) is 12.4. The van der Waals surface area contributed by atoms with Crippen molar-refractivity contribution < 1.29 is 4.21 Å². The molecule has 0 saturated heterocycles. The number of hydrogen-bond acceptors (Lipinski definition) is 2. The van der Waals surface area contributed by atoms with E-state index in [0.29, 0.717) is 0 Å². The molecule has 2 rings (SSSR count). The summed E-state index contributed by atoms with van der Waals surface area (Å²) < 4.78 is 15.4. The van der Waals surface area contributed by atoms with Crippen molar-refractivity contribution >= 4 is 11.0 Å². The van der Waals surface area contributed by atoms with Crippen LogP contribution in [0.1, 0.15) is 51.3 Å². The van der Waals surface area contributed by atoms with Crippen LogP contribution in [0.15, 0.2) is 18.3 Å². The lowest BCUT2D eigenvalue weighted by molar-refractivity contribution is 0.220. The third kappa shape index (κ3) is 2.64. The van der Waals surface area contributed by atoms with Crippen LogP contribution in [0.4, 0.5) is 0 Å². The molecule has 0 aromatic carbocycles. The third-order valence-corrected chi connectivity index (χ3v) is 5.14. The second-order valence-corrected chi connectivity index (χ2v) is 8.11. The fraction of sp³-hybridized carbons (Fsp3) is 0.643. The zero-order chi connectivity index (χ0) is 13.4. The molecule has 1 fully saturated rings. The van der Waals surface area contributed by atoms with Gasteiger partial charge in [-0.15, -0.1) is 0 Å². The zero-order valence-electron chi connectivity index (χ0n) is 11.6. The molecule has 0 aliphatic heterocycles. The minimum Gasteiger partial charge on any atom is -0.259 e. The second kappa shape index (κ2) is 4.74. The molecule has 4 heteroatoms. The van der Waals surface area contributed by atoms with Gasteiger partial charge in [-0.25, -0.2) is 8.93 Å². The minimum absolute atomic E-state index is 0.175. The molecule has 0 amide bonds. The standard InChI is InChI=1S/C14H22N2OS/c1-11-6-7-12(15-10-11)14(8-5-9-14)16-18(17)13(2,3)4/h6-7,10,16H,5,8-9H2,1-4H3/t18-/m1/s1. The lowest BCUT2D eigenvalue weighted by Gasteiger charge is -2.43. The SMILES string of the molecule is Cc1ccc(C2(N[S@](=O)C(C)(C)C)CCC2)nc1. The number of nitrogens with one attached hydrogen (secondary N) is 1. The van der Waals surface area contributed by atoms with Crippen LogP contribution in [0.2, 0.25) is 0 Å². The van der Waals surface area contributed by atoms with E-state index in [4.69, 9.17) is 0 Å². The molecule has 0 unspecified atom stereocenters. The maximum atomic E-state index is 12.3. The normalized spacial score (nSPS) is 20.2. The van der Waals surface area contributed by atoms with Crippen LogP contribution in [-0.2, 0) is 16.5 Å². The molecule has 1 aromatic heterocycles. The average Bonchev–Trinajstić information content (AvgIpc) is 2.23. The van der Waals surface area contributed by atoms with E-state index in [-0.39, 0.29) is 10.3 Å². The molecule has 0 radical (unpaired) electrons. The quantitative estimate of drug-likeness (QED) is 0.914. The van der Waals surface area contributed by atoms with E-state index < -0.39 is 11.0 Å². The summed E-state index contributed by atoms with van der Waals surface area (Å²) in [4.78, 5) is 4.51. The van der Waals surface area contributed by atoms with Crippen molar-refractivity contribution in [1.29, 1.82) is 0 Å². The lowest BCUT2D eigenvalue weighted by Crippen LogP contribution is -2.52. The summed E-state index contributed by atoms with van der Waals surface area (Å²) in [7, 11) is -1.05. The molecule has 3 nitrogen and oxygen atoms in total. The Kier molecular flexibility index (Phi) is 3.60. The van der Waals surface area contributed by atoms with Gasteiger partial charge in [0.1, 0.15) is 0 Å². The maximum Gasteiger partial charge on any atom is 0.0979 e. The molecular formula is C14H22N2OS. The summed E-state index contributed by atoms with van der Waals surface area (Å²) in [6.45, 7) is 8.01. The van der Waals surface area contributed by atoms with Crippen LogP contribution in [-0.4, -0.2) is 13.9 Å². The van der Waals surface area contributed by atoms with Gasteiger partial charge in [-0.3, -0.25) is 4.98 Å². The van der Waals surface area contributed by atoms with Gasteiger partial charge >= 0.3 is 0 Å². The van der Waals surface area contributed by atoms with E-state index in [9.17, 15) is 4.21 Å². The summed E-state index contributed by atoms with van der Waals surface area (Å²) >= 11 is 0. The van der Waals surface area contributed by atoms with Crippen LogP contribution < -0.4 is 4.72 Å². The van der Waals surface area contributed by atoms with Crippen molar-refractivity contribution in [3.8, 4) is 0 Å². The predicted octanol–water partition coefficient (Wildman–Crippen LogP) is 2.82. The molecule has 1 saturated carbocycles. The van der Waals surface area contributed by atoms with Gasteiger partial charge in [-0.2, -0.15) is 0 Å². The van der Waals surface area contributed by atoms with E-state index in [1.807, 2.05) is 33.9 Å². The Labute approximate surface area is 112 Å². The highest BCUT2D eigenvalue weighted by Gasteiger charge is 2.42. The highest BCUT2D eigenvalue weighted by molar-refractivity contribution is 7.84. The van der Waals surface area contributed by atoms with E-state index >= 15 is 0 Å². The van der Waals surface area contributed by atoms with Crippen LogP contribution in [0.5, 0.6) is 0 Å². The Bertz CT molecular complexity index is 444. The number of aromatic nitrogens is 1. The number of nitrogens with zero attached hydrogens (tertiary/aromatic N) is 1. The van der Waals surface area contributed by atoms with Crippen molar-refractivity contribution in [2.45, 2.75) is 57.2 Å². The van der Waals surface area contributed by atoms with Crippen LogP contribution in [0.25, 0.3) is 0 Å². The van der Waals surface area contributed by atoms with E-state index in [2.05, 4.69) is 21.8 Å². The molecule has 0 bridgehead atoms. The molecule has 1 atom stereocenters. The maximum absolute atomic E-state index is 12.3. The summed E-state index contributed by atoms with van der Waals surface area (Å²) in [5, 5.41) is 0. The van der Waals surface area contributed by atoms with Crippen LogP contribution >= 0.6 is 0 Å². The van der Waals surface area contributed by atoms with Crippen molar-refractivity contribution in [2.75, 3.05) is 0 Å². The highest BCUT2D eigenvalue weighted by Crippen LogP contribution is 2.41. The summed E-state index contributed by atoms with van der Waals surface area (Å²) in [5.41, 5.74) is 2.01. The molecular weight excluding hydrogens is 244 g/mol. The minimum atomic E-state index is -1.05. The van der Waals surface area contributed by atoms with E-state index in [0.717, 1.165) is 24.1 Å². The number of rotatable bonds is 3. The van der Waals surface area contributed by atoms with Gasteiger partial charge < -0.3 is 0 Å². The van der Waals surface area contributed by atoms with Crippen molar-refractivity contribution in [3.05, 3.63) is 29.6 Å². The number of hydrogen-bond donors (Lipinski definition) is 1.